The van der Waals surface area contributed by atoms with Crippen molar-refractivity contribution in [2.75, 3.05) is 11.1 Å². The summed E-state index contributed by atoms with van der Waals surface area (Å²) in [6.07, 6.45) is 0. The minimum absolute atomic E-state index is 0.00707. The molecule has 1 amide bonds. The SMILES string of the molecule is NC(=O)c1ccc(N)c(Nc2cc(F)c(Br)cc2F)n1. The number of anilines is 3. The van der Waals surface area contributed by atoms with Crippen molar-refractivity contribution in [3.05, 3.63) is 46.1 Å². The lowest BCUT2D eigenvalue weighted by molar-refractivity contribution is 0.0996. The average Bonchev–Trinajstić information content (AvgIpc) is 2.38. The molecule has 1 aromatic heterocycles. The van der Waals surface area contributed by atoms with Gasteiger partial charge in [0.15, 0.2) is 5.82 Å². The number of aromatic nitrogens is 1. The molecule has 1 heterocycles. The van der Waals surface area contributed by atoms with Crippen molar-refractivity contribution >= 4 is 39.0 Å². The van der Waals surface area contributed by atoms with E-state index in [0.29, 0.717) is 0 Å². The molecule has 0 spiro atoms. The zero-order valence-corrected chi connectivity index (χ0v) is 11.5. The maximum atomic E-state index is 13.7. The Hall–Kier alpha value is -2.22. The number of carbonyl (C=O) groups is 1. The standard InChI is InChI=1S/C12H9BrF2N4O/c13-5-3-7(15)10(4-6(5)14)19-12-8(16)1-2-9(18-12)11(17)20/h1-4H,16H2,(H2,17,20)(H,18,19). The topological polar surface area (TPSA) is 94.0 Å². The Kier molecular flexibility index (Phi) is 3.84. The van der Waals surface area contributed by atoms with Crippen LogP contribution < -0.4 is 16.8 Å². The predicted octanol–water partition coefficient (Wildman–Crippen LogP) is 2.55. The van der Waals surface area contributed by atoms with Crippen LogP contribution in [0.15, 0.2) is 28.7 Å². The summed E-state index contributed by atoms with van der Waals surface area (Å²) in [6, 6.07) is 4.63. The zero-order valence-electron chi connectivity index (χ0n) is 9.95. The molecule has 0 fully saturated rings. The Bertz CT molecular complexity index is 693. The van der Waals surface area contributed by atoms with E-state index in [4.69, 9.17) is 11.5 Å². The van der Waals surface area contributed by atoms with Crippen molar-refractivity contribution in [2.24, 2.45) is 5.73 Å². The van der Waals surface area contributed by atoms with E-state index in [0.717, 1.165) is 12.1 Å². The summed E-state index contributed by atoms with van der Waals surface area (Å²) in [5.41, 5.74) is 10.7. The van der Waals surface area contributed by atoms with Gasteiger partial charge in [0.1, 0.15) is 17.3 Å². The van der Waals surface area contributed by atoms with Gasteiger partial charge in [-0.3, -0.25) is 4.79 Å². The summed E-state index contributed by atoms with van der Waals surface area (Å²) in [4.78, 5) is 14.9. The first-order valence-corrected chi connectivity index (χ1v) is 6.15. The Balaban J connectivity index is 2.42. The second-order valence-corrected chi connectivity index (χ2v) is 4.72. The minimum atomic E-state index is -0.754. The predicted molar refractivity (Wildman–Crippen MR) is 74.5 cm³/mol. The van der Waals surface area contributed by atoms with E-state index < -0.39 is 17.5 Å². The molecule has 0 aliphatic carbocycles. The summed E-state index contributed by atoms with van der Waals surface area (Å²) < 4.78 is 27.1. The van der Waals surface area contributed by atoms with Gasteiger partial charge in [0.05, 0.1) is 15.8 Å². The number of hydrogen-bond donors (Lipinski definition) is 3. The van der Waals surface area contributed by atoms with Crippen LogP contribution in [0, 0.1) is 11.6 Å². The van der Waals surface area contributed by atoms with Crippen LogP contribution >= 0.6 is 15.9 Å². The third-order valence-electron chi connectivity index (χ3n) is 2.44. The molecule has 0 atom stereocenters. The maximum Gasteiger partial charge on any atom is 0.267 e. The minimum Gasteiger partial charge on any atom is -0.396 e. The quantitative estimate of drug-likeness (QED) is 0.747. The summed E-state index contributed by atoms with van der Waals surface area (Å²) in [5.74, 6) is -2.10. The van der Waals surface area contributed by atoms with Gasteiger partial charge in [0.25, 0.3) is 5.91 Å². The normalized spacial score (nSPS) is 10.3. The van der Waals surface area contributed by atoms with Crippen LogP contribution in [-0.2, 0) is 0 Å². The number of nitrogens with zero attached hydrogens (tertiary/aromatic N) is 1. The lowest BCUT2D eigenvalue weighted by Gasteiger charge is -2.10. The van der Waals surface area contributed by atoms with Crippen molar-refractivity contribution in [2.45, 2.75) is 0 Å². The molecule has 2 aromatic rings. The van der Waals surface area contributed by atoms with Crippen molar-refractivity contribution in [3.8, 4) is 0 Å². The van der Waals surface area contributed by atoms with Crippen molar-refractivity contribution < 1.29 is 13.6 Å². The van der Waals surface area contributed by atoms with Gasteiger partial charge in [0, 0.05) is 6.07 Å². The summed E-state index contributed by atoms with van der Waals surface area (Å²) >= 11 is 2.87. The summed E-state index contributed by atoms with van der Waals surface area (Å²) in [7, 11) is 0. The van der Waals surface area contributed by atoms with Gasteiger partial charge >= 0.3 is 0 Å². The molecule has 0 saturated heterocycles. The number of pyridine rings is 1. The highest BCUT2D eigenvalue weighted by Gasteiger charge is 2.12. The summed E-state index contributed by atoms with van der Waals surface area (Å²) in [6.45, 7) is 0. The van der Waals surface area contributed by atoms with Crippen LogP contribution in [0.4, 0.5) is 26.0 Å². The van der Waals surface area contributed by atoms with Crippen molar-refractivity contribution in [1.29, 1.82) is 0 Å². The van der Waals surface area contributed by atoms with Crippen LogP contribution in [0.1, 0.15) is 10.5 Å². The fourth-order valence-electron chi connectivity index (χ4n) is 1.45. The van der Waals surface area contributed by atoms with Crippen LogP contribution in [0.25, 0.3) is 0 Å². The highest BCUT2D eigenvalue weighted by atomic mass is 79.9. The fraction of sp³-hybridized carbons (Fsp3) is 0. The number of nitrogens with two attached hydrogens (primary N) is 2. The van der Waals surface area contributed by atoms with E-state index in [1.165, 1.54) is 12.1 Å². The number of rotatable bonds is 3. The van der Waals surface area contributed by atoms with E-state index in [9.17, 15) is 13.6 Å². The molecule has 0 aliphatic heterocycles. The molecule has 8 heteroatoms. The number of benzene rings is 1. The van der Waals surface area contributed by atoms with Crippen molar-refractivity contribution in [3.63, 3.8) is 0 Å². The zero-order chi connectivity index (χ0) is 14.9. The number of nitrogens with one attached hydrogen (secondary N) is 1. The molecule has 0 unspecified atom stereocenters. The lowest BCUT2D eigenvalue weighted by atomic mass is 10.2. The van der Waals surface area contributed by atoms with E-state index in [2.05, 4.69) is 26.2 Å². The third-order valence-corrected chi connectivity index (χ3v) is 3.05. The van der Waals surface area contributed by atoms with Gasteiger partial charge in [-0.2, -0.15) is 0 Å². The largest absolute Gasteiger partial charge is 0.396 e. The Labute approximate surface area is 121 Å². The average molecular weight is 343 g/mol. The molecule has 104 valence electrons. The number of carbonyl (C=O) groups excluding carboxylic acids is 1. The molecule has 0 radical (unpaired) electrons. The van der Waals surface area contributed by atoms with Gasteiger partial charge in [-0.1, -0.05) is 0 Å². The molecular formula is C12H9BrF2N4O. The lowest BCUT2D eigenvalue weighted by Crippen LogP contribution is -2.14. The van der Waals surface area contributed by atoms with E-state index >= 15 is 0 Å². The molecule has 5 nitrogen and oxygen atoms in total. The second kappa shape index (κ2) is 5.41. The van der Waals surface area contributed by atoms with Crippen molar-refractivity contribution in [1.82, 2.24) is 4.98 Å². The number of nitrogen functional groups attached to an aromatic ring is 1. The van der Waals surface area contributed by atoms with Crippen LogP contribution in [0.3, 0.4) is 0 Å². The van der Waals surface area contributed by atoms with Crippen LogP contribution in [0.2, 0.25) is 0 Å². The molecular weight excluding hydrogens is 334 g/mol. The molecule has 5 N–H and O–H groups in total. The number of primary amides is 1. The maximum absolute atomic E-state index is 13.7. The Morgan fingerprint density at radius 3 is 2.60 bits per heavy atom. The molecule has 2 rings (SSSR count). The Morgan fingerprint density at radius 2 is 1.95 bits per heavy atom. The highest BCUT2D eigenvalue weighted by molar-refractivity contribution is 9.10. The Morgan fingerprint density at radius 1 is 1.25 bits per heavy atom. The van der Waals surface area contributed by atoms with E-state index in [1.54, 1.807) is 0 Å². The number of amides is 1. The first kappa shape index (κ1) is 14.2. The fourth-order valence-corrected chi connectivity index (χ4v) is 1.77. The first-order chi connectivity index (χ1) is 9.38. The van der Waals surface area contributed by atoms with Crippen LogP contribution in [-0.4, -0.2) is 10.9 Å². The molecule has 20 heavy (non-hydrogen) atoms. The molecule has 0 aliphatic rings. The molecule has 0 bridgehead atoms. The van der Waals surface area contributed by atoms with E-state index in [-0.39, 0.29) is 27.4 Å². The first-order valence-electron chi connectivity index (χ1n) is 5.36. The second-order valence-electron chi connectivity index (χ2n) is 3.87. The third kappa shape index (κ3) is 2.85. The summed E-state index contributed by atoms with van der Waals surface area (Å²) in [5, 5.41) is 2.52. The molecule has 1 aromatic carbocycles. The van der Waals surface area contributed by atoms with Gasteiger partial charge in [0.2, 0.25) is 0 Å². The highest BCUT2D eigenvalue weighted by Crippen LogP contribution is 2.27. The number of hydrogen-bond acceptors (Lipinski definition) is 4. The van der Waals surface area contributed by atoms with Gasteiger partial charge < -0.3 is 16.8 Å². The number of halogens is 3. The van der Waals surface area contributed by atoms with Gasteiger partial charge in [-0.15, -0.1) is 0 Å². The monoisotopic (exact) mass is 342 g/mol. The molecule has 0 saturated carbocycles. The van der Waals surface area contributed by atoms with Crippen LogP contribution in [0.5, 0.6) is 0 Å². The van der Waals surface area contributed by atoms with Gasteiger partial charge in [-0.25, -0.2) is 13.8 Å². The smallest absolute Gasteiger partial charge is 0.267 e. The van der Waals surface area contributed by atoms with E-state index in [1.807, 2.05) is 0 Å². The van der Waals surface area contributed by atoms with Gasteiger partial charge in [-0.05, 0) is 34.1 Å².